The SMILES string of the molecule is NC(=S)c1ccc(Nc2cccc(I)c2)c(F)c1F. The van der Waals surface area contributed by atoms with Crippen LogP contribution in [-0.4, -0.2) is 4.99 Å². The number of benzene rings is 2. The van der Waals surface area contributed by atoms with Crippen molar-refractivity contribution in [1.29, 1.82) is 0 Å². The molecule has 0 bridgehead atoms. The molecule has 2 nitrogen and oxygen atoms in total. The largest absolute Gasteiger partial charge is 0.389 e. The van der Waals surface area contributed by atoms with Crippen LogP contribution < -0.4 is 11.1 Å². The van der Waals surface area contributed by atoms with Crippen LogP contribution in [0.4, 0.5) is 20.2 Å². The maximum Gasteiger partial charge on any atom is 0.182 e. The molecule has 0 aromatic heterocycles. The molecule has 0 atom stereocenters. The van der Waals surface area contributed by atoms with Crippen molar-refractivity contribution in [3.8, 4) is 0 Å². The zero-order valence-electron chi connectivity index (χ0n) is 9.58. The zero-order valence-corrected chi connectivity index (χ0v) is 12.6. The van der Waals surface area contributed by atoms with E-state index in [1.54, 1.807) is 6.07 Å². The van der Waals surface area contributed by atoms with Gasteiger partial charge in [0.05, 0.1) is 5.69 Å². The number of rotatable bonds is 3. The van der Waals surface area contributed by atoms with Crippen LogP contribution in [-0.2, 0) is 0 Å². The number of nitrogens with two attached hydrogens (primary N) is 1. The molecule has 0 spiro atoms. The van der Waals surface area contributed by atoms with Crippen LogP contribution in [0.25, 0.3) is 0 Å². The normalized spacial score (nSPS) is 10.3. The van der Waals surface area contributed by atoms with Crippen molar-refractivity contribution in [2.24, 2.45) is 5.73 Å². The highest BCUT2D eigenvalue weighted by atomic mass is 127. The summed E-state index contributed by atoms with van der Waals surface area (Å²) in [6.45, 7) is 0. The molecule has 0 amide bonds. The van der Waals surface area contributed by atoms with Gasteiger partial charge in [0.2, 0.25) is 0 Å². The Bertz CT molecular complexity index is 647. The fourth-order valence-corrected chi connectivity index (χ4v) is 2.26. The molecule has 0 aliphatic rings. The molecular weight excluding hydrogens is 381 g/mol. The Kier molecular flexibility index (Phi) is 4.31. The van der Waals surface area contributed by atoms with Crippen LogP contribution in [0.5, 0.6) is 0 Å². The van der Waals surface area contributed by atoms with Crippen LogP contribution >= 0.6 is 34.8 Å². The molecule has 2 rings (SSSR count). The number of hydrogen-bond donors (Lipinski definition) is 2. The van der Waals surface area contributed by atoms with Gasteiger partial charge in [0.15, 0.2) is 11.6 Å². The van der Waals surface area contributed by atoms with Gasteiger partial charge in [-0.3, -0.25) is 0 Å². The lowest BCUT2D eigenvalue weighted by Crippen LogP contribution is -2.13. The van der Waals surface area contributed by atoms with Crippen LogP contribution in [0.15, 0.2) is 36.4 Å². The predicted octanol–water partition coefficient (Wildman–Crippen LogP) is 3.95. The Morgan fingerprint density at radius 2 is 1.89 bits per heavy atom. The van der Waals surface area contributed by atoms with E-state index in [0.29, 0.717) is 5.69 Å². The third-order valence-corrected chi connectivity index (χ3v) is 3.34. The Hall–Kier alpha value is -1.28. The fraction of sp³-hybridized carbons (Fsp3) is 0. The van der Waals surface area contributed by atoms with E-state index >= 15 is 0 Å². The van der Waals surface area contributed by atoms with Gasteiger partial charge in [-0.2, -0.15) is 0 Å². The summed E-state index contributed by atoms with van der Waals surface area (Å²) in [6, 6.07) is 10.1. The third-order valence-electron chi connectivity index (χ3n) is 2.45. The standard InChI is InChI=1S/C13H9F2IN2S/c14-11-9(13(17)19)4-5-10(12(11)15)18-8-3-1-2-7(16)6-8/h1-6,18H,(H2,17,19). The van der Waals surface area contributed by atoms with Crippen molar-refractivity contribution < 1.29 is 8.78 Å². The number of hydrogen-bond acceptors (Lipinski definition) is 2. The summed E-state index contributed by atoms with van der Waals surface area (Å²) in [4.78, 5) is -0.169. The van der Waals surface area contributed by atoms with E-state index in [9.17, 15) is 8.78 Å². The van der Waals surface area contributed by atoms with Crippen molar-refractivity contribution in [2.45, 2.75) is 0 Å². The number of halogens is 3. The van der Waals surface area contributed by atoms with E-state index < -0.39 is 11.6 Å². The molecule has 2 aromatic rings. The summed E-state index contributed by atoms with van der Waals surface area (Å²) in [6.07, 6.45) is 0. The lowest BCUT2D eigenvalue weighted by molar-refractivity contribution is 0.510. The second kappa shape index (κ2) is 5.79. The molecule has 19 heavy (non-hydrogen) atoms. The first-order valence-corrected chi connectivity index (χ1v) is 6.78. The van der Waals surface area contributed by atoms with E-state index in [1.165, 1.54) is 12.1 Å². The van der Waals surface area contributed by atoms with Crippen molar-refractivity contribution in [2.75, 3.05) is 5.32 Å². The summed E-state index contributed by atoms with van der Waals surface area (Å²) < 4.78 is 28.6. The molecule has 0 aliphatic heterocycles. The van der Waals surface area contributed by atoms with E-state index in [0.717, 1.165) is 3.57 Å². The van der Waals surface area contributed by atoms with Crippen LogP contribution in [0.2, 0.25) is 0 Å². The Morgan fingerprint density at radius 3 is 2.53 bits per heavy atom. The average molecular weight is 390 g/mol. The molecule has 0 fully saturated rings. The molecular formula is C13H9F2IN2S. The van der Waals surface area contributed by atoms with E-state index in [2.05, 4.69) is 40.1 Å². The molecule has 0 heterocycles. The first-order valence-electron chi connectivity index (χ1n) is 5.29. The zero-order chi connectivity index (χ0) is 14.0. The van der Waals surface area contributed by atoms with Gasteiger partial charge in [0.25, 0.3) is 0 Å². The first-order chi connectivity index (χ1) is 8.99. The summed E-state index contributed by atoms with van der Waals surface area (Å²) in [5.41, 5.74) is 5.93. The van der Waals surface area contributed by atoms with E-state index in [1.807, 2.05) is 18.2 Å². The average Bonchev–Trinajstić information content (AvgIpc) is 2.35. The van der Waals surface area contributed by atoms with Gasteiger partial charge in [-0.15, -0.1) is 0 Å². The lowest BCUT2D eigenvalue weighted by Gasteiger charge is -2.10. The summed E-state index contributed by atoms with van der Waals surface area (Å²) in [7, 11) is 0. The minimum atomic E-state index is -1.04. The fourth-order valence-electron chi connectivity index (χ4n) is 1.56. The van der Waals surface area contributed by atoms with Gasteiger partial charge in [-0.05, 0) is 52.9 Å². The van der Waals surface area contributed by atoms with Gasteiger partial charge in [0, 0.05) is 14.8 Å². The molecule has 3 N–H and O–H groups in total. The quantitative estimate of drug-likeness (QED) is 0.616. The van der Waals surface area contributed by atoms with Crippen LogP contribution in [0, 0.1) is 15.2 Å². The smallest absolute Gasteiger partial charge is 0.182 e. The van der Waals surface area contributed by atoms with Gasteiger partial charge in [-0.25, -0.2) is 8.78 Å². The van der Waals surface area contributed by atoms with Crippen LogP contribution in [0.1, 0.15) is 5.56 Å². The third kappa shape index (κ3) is 3.19. The van der Waals surface area contributed by atoms with Gasteiger partial charge >= 0.3 is 0 Å². The van der Waals surface area contributed by atoms with Gasteiger partial charge in [-0.1, -0.05) is 18.3 Å². The molecule has 0 radical (unpaired) electrons. The minimum absolute atomic E-state index is 0.0412. The topological polar surface area (TPSA) is 38.0 Å². The lowest BCUT2D eigenvalue weighted by atomic mass is 10.1. The summed E-state index contributed by atoms with van der Waals surface area (Å²) in [5, 5.41) is 2.82. The molecule has 98 valence electrons. The second-order valence-corrected chi connectivity index (χ2v) is 5.47. The van der Waals surface area contributed by atoms with Gasteiger partial charge in [0.1, 0.15) is 4.99 Å². The molecule has 2 aromatic carbocycles. The summed E-state index contributed by atoms with van der Waals surface area (Å²) in [5.74, 6) is -2.03. The number of nitrogens with one attached hydrogen (secondary N) is 1. The number of anilines is 2. The minimum Gasteiger partial charge on any atom is -0.389 e. The van der Waals surface area contributed by atoms with E-state index in [4.69, 9.17) is 5.73 Å². The monoisotopic (exact) mass is 390 g/mol. The maximum atomic E-state index is 13.9. The molecule has 6 heteroatoms. The molecule has 0 saturated carbocycles. The second-order valence-electron chi connectivity index (χ2n) is 3.79. The van der Waals surface area contributed by atoms with Crippen LogP contribution in [0.3, 0.4) is 0 Å². The van der Waals surface area contributed by atoms with Crippen molar-refractivity contribution in [3.05, 3.63) is 57.2 Å². The highest BCUT2D eigenvalue weighted by molar-refractivity contribution is 14.1. The van der Waals surface area contributed by atoms with Crippen molar-refractivity contribution >= 4 is 51.2 Å². The van der Waals surface area contributed by atoms with Crippen molar-refractivity contribution in [1.82, 2.24) is 0 Å². The number of thiocarbonyl (C=S) groups is 1. The van der Waals surface area contributed by atoms with E-state index in [-0.39, 0.29) is 16.2 Å². The summed E-state index contributed by atoms with van der Waals surface area (Å²) >= 11 is 6.78. The highest BCUT2D eigenvalue weighted by Crippen LogP contribution is 2.25. The van der Waals surface area contributed by atoms with Crippen molar-refractivity contribution in [3.63, 3.8) is 0 Å². The maximum absolute atomic E-state index is 13.9. The first kappa shape index (κ1) is 14.1. The molecule has 0 unspecified atom stereocenters. The Balaban J connectivity index is 2.37. The predicted molar refractivity (Wildman–Crippen MR) is 84.7 cm³/mol. The molecule has 0 saturated heterocycles. The Labute approximate surface area is 128 Å². The molecule has 0 aliphatic carbocycles. The highest BCUT2D eigenvalue weighted by Gasteiger charge is 2.15. The van der Waals surface area contributed by atoms with Gasteiger partial charge < -0.3 is 11.1 Å². The Morgan fingerprint density at radius 1 is 1.16 bits per heavy atom.